The van der Waals surface area contributed by atoms with Gasteiger partial charge in [-0.3, -0.25) is 9.59 Å². The van der Waals surface area contributed by atoms with Crippen LogP contribution in [0.2, 0.25) is 0 Å². The molecule has 0 aliphatic carbocycles. The van der Waals surface area contributed by atoms with E-state index in [-0.39, 0.29) is 24.0 Å². The summed E-state index contributed by atoms with van der Waals surface area (Å²) in [5, 5.41) is 5.65. The van der Waals surface area contributed by atoms with Crippen molar-refractivity contribution in [2.75, 3.05) is 5.32 Å². The lowest BCUT2D eigenvalue weighted by atomic mass is 10.1. The van der Waals surface area contributed by atoms with Crippen LogP contribution in [0.5, 0.6) is 5.75 Å². The second kappa shape index (κ2) is 9.04. The third-order valence-electron chi connectivity index (χ3n) is 3.87. The number of anilines is 1. The van der Waals surface area contributed by atoms with E-state index >= 15 is 0 Å². The monoisotopic (exact) mass is 354 g/mol. The van der Waals surface area contributed by atoms with Crippen molar-refractivity contribution < 1.29 is 14.3 Å². The molecule has 5 heteroatoms. The molecular weight excluding hydrogens is 328 g/mol. The summed E-state index contributed by atoms with van der Waals surface area (Å²) in [6.07, 6.45) is 1.04. The maximum Gasteiger partial charge on any atom is 0.255 e. The van der Waals surface area contributed by atoms with Crippen LogP contribution in [0.25, 0.3) is 0 Å². The van der Waals surface area contributed by atoms with Gasteiger partial charge in [0.1, 0.15) is 5.75 Å². The predicted molar refractivity (Wildman–Crippen MR) is 104 cm³/mol. The molecule has 0 aliphatic heterocycles. The summed E-state index contributed by atoms with van der Waals surface area (Å²) in [6, 6.07) is 14.0. The van der Waals surface area contributed by atoms with Gasteiger partial charge in [0.25, 0.3) is 11.8 Å². The van der Waals surface area contributed by atoms with Crippen molar-refractivity contribution >= 4 is 17.5 Å². The highest BCUT2D eigenvalue weighted by molar-refractivity contribution is 6.09. The Morgan fingerprint density at radius 3 is 2.23 bits per heavy atom. The fourth-order valence-electron chi connectivity index (χ4n) is 2.33. The lowest BCUT2D eigenvalue weighted by Crippen LogP contribution is -2.31. The largest absolute Gasteiger partial charge is 0.491 e. The first-order chi connectivity index (χ1) is 12.4. The molecule has 0 heterocycles. The minimum Gasteiger partial charge on any atom is -0.491 e. The number of para-hydroxylation sites is 1. The number of hydrogen-bond donors (Lipinski definition) is 2. The zero-order valence-electron chi connectivity index (χ0n) is 15.7. The molecule has 26 heavy (non-hydrogen) atoms. The number of carbonyl (C=O) groups excluding carboxylic acids is 2. The Hall–Kier alpha value is -2.82. The molecule has 2 rings (SSSR count). The van der Waals surface area contributed by atoms with Crippen molar-refractivity contribution in [3.63, 3.8) is 0 Å². The van der Waals surface area contributed by atoms with E-state index < -0.39 is 0 Å². The highest BCUT2D eigenvalue weighted by Crippen LogP contribution is 2.19. The molecule has 0 aromatic heterocycles. The SMILES string of the molecule is CCC(C)Oc1ccc(C(=O)Nc2ccccc2C(=O)NC(C)C)cc1. The van der Waals surface area contributed by atoms with E-state index in [9.17, 15) is 9.59 Å². The van der Waals surface area contributed by atoms with Crippen molar-refractivity contribution in [1.29, 1.82) is 0 Å². The van der Waals surface area contributed by atoms with E-state index in [0.717, 1.165) is 12.2 Å². The van der Waals surface area contributed by atoms with Crippen LogP contribution >= 0.6 is 0 Å². The Kier molecular flexibility index (Phi) is 6.78. The first-order valence-electron chi connectivity index (χ1n) is 8.88. The zero-order chi connectivity index (χ0) is 19.1. The third-order valence-corrected chi connectivity index (χ3v) is 3.87. The summed E-state index contributed by atoms with van der Waals surface area (Å²) in [6.45, 7) is 7.84. The van der Waals surface area contributed by atoms with Crippen molar-refractivity contribution in [2.24, 2.45) is 0 Å². The summed E-state index contributed by atoms with van der Waals surface area (Å²) < 4.78 is 5.72. The van der Waals surface area contributed by atoms with Gasteiger partial charge in [0.2, 0.25) is 0 Å². The average molecular weight is 354 g/mol. The van der Waals surface area contributed by atoms with Crippen LogP contribution in [0, 0.1) is 0 Å². The third kappa shape index (κ3) is 5.34. The molecule has 0 radical (unpaired) electrons. The van der Waals surface area contributed by atoms with E-state index in [0.29, 0.717) is 16.8 Å². The van der Waals surface area contributed by atoms with Crippen molar-refractivity contribution in [2.45, 2.75) is 46.3 Å². The molecule has 0 spiro atoms. The van der Waals surface area contributed by atoms with Crippen LogP contribution < -0.4 is 15.4 Å². The number of nitrogens with one attached hydrogen (secondary N) is 2. The van der Waals surface area contributed by atoms with Gasteiger partial charge in [0.05, 0.1) is 17.4 Å². The van der Waals surface area contributed by atoms with Crippen molar-refractivity contribution in [1.82, 2.24) is 5.32 Å². The summed E-state index contributed by atoms with van der Waals surface area (Å²) in [4.78, 5) is 24.8. The molecule has 0 bridgehead atoms. The Morgan fingerprint density at radius 1 is 0.962 bits per heavy atom. The Balaban J connectivity index is 2.11. The van der Waals surface area contributed by atoms with Crippen LogP contribution in [0.4, 0.5) is 5.69 Å². The van der Waals surface area contributed by atoms with Crippen LogP contribution in [-0.2, 0) is 0 Å². The molecule has 2 aromatic rings. The van der Waals surface area contributed by atoms with E-state index in [1.807, 2.05) is 20.8 Å². The molecule has 0 saturated heterocycles. The van der Waals surface area contributed by atoms with Gasteiger partial charge < -0.3 is 15.4 Å². The van der Waals surface area contributed by atoms with Crippen molar-refractivity contribution in [3.8, 4) is 5.75 Å². The molecule has 1 unspecified atom stereocenters. The lowest BCUT2D eigenvalue weighted by Gasteiger charge is -2.14. The minimum atomic E-state index is -0.273. The molecule has 1 atom stereocenters. The molecule has 0 aliphatic rings. The van der Waals surface area contributed by atoms with Crippen LogP contribution in [-0.4, -0.2) is 24.0 Å². The number of hydrogen-bond acceptors (Lipinski definition) is 3. The summed E-state index contributed by atoms with van der Waals surface area (Å²) in [5.41, 5.74) is 1.42. The summed E-state index contributed by atoms with van der Waals surface area (Å²) >= 11 is 0. The van der Waals surface area contributed by atoms with E-state index in [1.54, 1.807) is 48.5 Å². The summed E-state index contributed by atoms with van der Waals surface area (Å²) in [7, 11) is 0. The van der Waals surface area contributed by atoms with Crippen LogP contribution in [0.1, 0.15) is 54.8 Å². The zero-order valence-corrected chi connectivity index (χ0v) is 15.7. The number of benzene rings is 2. The lowest BCUT2D eigenvalue weighted by molar-refractivity contribution is 0.0944. The second-order valence-electron chi connectivity index (χ2n) is 6.49. The highest BCUT2D eigenvalue weighted by Gasteiger charge is 2.14. The average Bonchev–Trinajstić information content (AvgIpc) is 2.62. The molecular formula is C21H26N2O3. The normalized spacial score (nSPS) is 11.7. The standard InChI is InChI=1S/C21H26N2O3/c1-5-15(4)26-17-12-10-16(11-13-17)20(24)23-19-9-7-6-8-18(19)21(25)22-14(2)3/h6-15H,5H2,1-4H3,(H,22,25)(H,23,24). The molecule has 0 saturated carbocycles. The van der Waals surface area contributed by atoms with Gasteiger partial charge in [-0.1, -0.05) is 19.1 Å². The van der Waals surface area contributed by atoms with Gasteiger partial charge in [-0.25, -0.2) is 0 Å². The van der Waals surface area contributed by atoms with Crippen molar-refractivity contribution in [3.05, 3.63) is 59.7 Å². The number of rotatable bonds is 7. The smallest absolute Gasteiger partial charge is 0.255 e. The Morgan fingerprint density at radius 2 is 1.62 bits per heavy atom. The van der Waals surface area contributed by atoms with E-state index in [4.69, 9.17) is 4.74 Å². The Labute approximate surface area is 154 Å². The van der Waals surface area contributed by atoms with Gasteiger partial charge in [-0.05, 0) is 63.6 Å². The van der Waals surface area contributed by atoms with Gasteiger partial charge in [-0.2, -0.15) is 0 Å². The highest BCUT2D eigenvalue weighted by atomic mass is 16.5. The maximum atomic E-state index is 12.5. The molecule has 0 fully saturated rings. The quantitative estimate of drug-likeness (QED) is 0.781. The molecule has 2 amide bonds. The maximum absolute atomic E-state index is 12.5. The molecule has 5 nitrogen and oxygen atoms in total. The topological polar surface area (TPSA) is 67.4 Å². The number of amides is 2. The second-order valence-corrected chi connectivity index (χ2v) is 6.49. The van der Waals surface area contributed by atoms with Gasteiger partial charge >= 0.3 is 0 Å². The van der Waals surface area contributed by atoms with E-state index in [1.165, 1.54) is 0 Å². The minimum absolute atomic E-state index is 0.0179. The number of carbonyl (C=O) groups is 2. The van der Waals surface area contributed by atoms with Crippen LogP contribution in [0.15, 0.2) is 48.5 Å². The predicted octanol–water partition coefficient (Wildman–Crippen LogP) is 4.25. The molecule has 2 N–H and O–H groups in total. The van der Waals surface area contributed by atoms with Gasteiger partial charge in [-0.15, -0.1) is 0 Å². The van der Waals surface area contributed by atoms with Gasteiger partial charge in [0, 0.05) is 11.6 Å². The molecule has 138 valence electrons. The Bertz CT molecular complexity index is 754. The fraction of sp³-hybridized carbons (Fsp3) is 0.333. The first-order valence-corrected chi connectivity index (χ1v) is 8.88. The van der Waals surface area contributed by atoms with Crippen LogP contribution in [0.3, 0.4) is 0 Å². The molecule has 2 aromatic carbocycles. The van der Waals surface area contributed by atoms with Gasteiger partial charge in [0.15, 0.2) is 0 Å². The summed E-state index contributed by atoms with van der Waals surface area (Å²) in [5.74, 6) is 0.241. The number of ether oxygens (including phenoxy) is 1. The fourth-order valence-corrected chi connectivity index (χ4v) is 2.33. The van der Waals surface area contributed by atoms with E-state index in [2.05, 4.69) is 17.6 Å². The first kappa shape index (κ1) is 19.5.